The number of nitrogens with two attached hydrogens (primary N) is 3. The summed E-state index contributed by atoms with van der Waals surface area (Å²) >= 11 is 0. The summed E-state index contributed by atoms with van der Waals surface area (Å²) in [6, 6.07) is -8.71. The summed E-state index contributed by atoms with van der Waals surface area (Å²) in [5.41, 5.74) is 17.3. The first-order chi connectivity index (χ1) is 28.3. The Bertz CT molecular complexity index is 1440. The number of aliphatic carboxylic acids is 1. The first-order valence-electron chi connectivity index (χ1n) is 21.8. The fraction of sp³-hybridized carbons (Fsp3) is 0.810. The molecular formula is C42H80N10O9. The van der Waals surface area contributed by atoms with E-state index in [1.54, 1.807) is 83.1 Å². The molecule has 0 bridgehead atoms. The Morgan fingerprint density at radius 1 is 0.377 bits per heavy atom. The number of hydrogen-bond acceptors (Lipinski definition) is 11. The van der Waals surface area contributed by atoms with Crippen molar-refractivity contribution in [2.24, 2.45) is 52.7 Å². The average molecular weight is 869 g/mol. The molecule has 19 heteroatoms. The SMILES string of the molecule is CC(C)[C@H](NC(=O)[C@@H](NC(=O)[C@@H](NC(=O)[C@@H](NC(=O)[C@@H](NC(=O)[C@@H](NC(=O)[C@H](CCCCN)NC(=O)[C@@H](N)CCCCN)C(C)C)C(C)C)C(C)C)C(C)C)C(C)C)C(=O)O. The van der Waals surface area contributed by atoms with E-state index in [2.05, 4.69) is 37.2 Å². The lowest BCUT2D eigenvalue weighted by Gasteiger charge is -2.31. The maximum absolute atomic E-state index is 13.9. The van der Waals surface area contributed by atoms with Crippen LogP contribution in [0.5, 0.6) is 0 Å². The van der Waals surface area contributed by atoms with E-state index < -0.39 is 131 Å². The zero-order valence-corrected chi connectivity index (χ0v) is 38.7. The fourth-order valence-corrected chi connectivity index (χ4v) is 6.34. The summed E-state index contributed by atoms with van der Waals surface area (Å²) in [5.74, 6) is -8.42. The highest BCUT2D eigenvalue weighted by Crippen LogP contribution is 2.13. The average Bonchev–Trinajstić information content (AvgIpc) is 3.16. The molecule has 0 spiro atoms. The van der Waals surface area contributed by atoms with Gasteiger partial charge in [0.2, 0.25) is 41.4 Å². The molecule has 0 aliphatic heterocycles. The molecule has 8 atom stereocenters. The van der Waals surface area contributed by atoms with Gasteiger partial charge in [-0.1, -0.05) is 89.5 Å². The monoisotopic (exact) mass is 869 g/mol. The first-order valence-corrected chi connectivity index (χ1v) is 21.8. The van der Waals surface area contributed by atoms with E-state index in [4.69, 9.17) is 17.2 Å². The van der Waals surface area contributed by atoms with Crippen LogP contribution in [0.4, 0.5) is 0 Å². The van der Waals surface area contributed by atoms with E-state index in [-0.39, 0.29) is 6.42 Å². The molecule has 61 heavy (non-hydrogen) atoms. The van der Waals surface area contributed by atoms with E-state index in [0.717, 1.165) is 0 Å². The Labute approximate surface area is 363 Å². The van der Waals surface area contributed by atoms with Gasteiger partial charge in [-0.15, -0.1) is 0 Å². The van der Waals surface area contributed by atoms with Crippen molar-refractivity contribution in [3.05, 3.63) is 0 Å². The summed E-state index contributed by atoms with van der Waals surface area (Å²) in [6.45, 7) is 21.2. The number of rotatable bonds is 29. The normalized spacial score (nSPS) is 15.6. The van der Waals surface area contributed by atoms with Crippen molar-refractivity contribution < 1.29 is 43.5 Å². The van der Waals surface area contributed by atoms with Crippen molar-refractivity contribution in [2.45, 2.75) is 170 Å². The molecule has 14 N–H and O–H groups in total. The van der Waals surface area contributed by atoms with Gasteiger partial charge in [0.05, 0.1) is 6.04 Å². The van der Waals surface area contributed by atoms with Crippen LogP contribution in [-0.2, 0) is 38.4 Å². The van der Waals surface area contributed by atoms with Crippen LogP contribution in [0.1, 0.15) is 122 Å². The van der Waals surface area contributed by atoms with Crippen molar-refractivity contribution in [3.8, 4) is 0 Å². The highest BCUT2D eigenvalue weighted by Gasteiger charge is 2.37. The topological polar surface area (TPSA) is 319 Å². The van der Waals surface area contributed by atoms with Gasteiger partial charge in [0.15, 0.2) is 0 Å². The second-order valence-corrected chi connectivity index (χ2v) is 18.0. The lowest BCUT2D eigenvalue weighted by Crippen LogP contribution is -2.63. The third-order valence-electron chi connectivity index (χ3n) is 10.4. The Morgan fingerprint density at radius 3 is 0.902 bits per heavy atom. The molecule has 0 fully saturated rings. The molecule has 0 heterocycles. The van der Waals surface area contributed by atoms with Crippen molar-refractivity contribution in [2.75, 3.05) is 13.1 Å². The molecular weight excluding hydrogens is 789 g/mol. The molecule has 19 nitrogen and oxygen atoms in total. The van der Waals surface area contributed by atoms with Crippen molar-refractivity contribution in [1.82, 2.24) is 37.2 Å². The van der Waals surface area contributed by atoms with E-state index in [9.17, 15) is 43.5 Å². The number of carboxylic acids is 1. The minimum absolute atomic E-state index is 0.255. The van der Waals surface area contributed by atoms with Crippen molar-refractivity contribution in [3.63, 3.8) is 0 Å². The quantitative estimate of drug-likeness (QED) is 0.0443. The highest BCUT2D eigenvalue weighted by molar-refractivity contribution is 5.98. The van der Waals surface area contributed by atoms with Gasteiger partial charge in [-0.2, -0.15) is 0 Å². The second-order valence-electron chi connectivity index (χ2n) is 18.0. The maximum atomic E-state index is 13.9. The predicted octanol–water partition coefficient (Wildman–Crippen LogP) is -0.0141. The van der Waals surface area contributed by atoms with E-state index >= 15 is 0 Å². The third kappa shape index (κ3) is 19.9. The minimum atomic E-state index is -1.21. The zero-order valence-electron chi connectivity index (χ0n) is 38.7. The zero-order chi connectivity index (χ0) is 47.3. The van der Waals surface area contributed by atoms with E-state index in [0.29, 0.717) is 45.2 Å². The summed E-state index contributed by atoms with van der Waals surface area (Å²) in [5, 5.41) is 28.4. The molecule has 0 aromatic heterocycles. The molecule has 0 aliphatic rings. The Morgan fingerprint density at radius 2 is 0.639 bits per heavy atom. The summed E-state index contributed by atoms with van der Waals surface area (Å²) in [7, 11) is 0. The molecule has 0 saturated carbocycles. The molecule has 7 amide bonds. The van der Waals surface area contributed by atoms with Crippen LogP contribution in [0.15, 0.2) is 0 Å². The van der Waals surface area contributed by atoms with Crippen LogP contribution in [0.2, 0.25) is 0 Å². The molecule has 0 aromatic carbocycles. The van der Waals surface area contributed by atoms with Gasteiger partial charge in [-0.25, -0.2) is 4.79 Å². The molecule has 0 unspecified atom stereocenters. The number of unbranched alkanes of at least 4 members (excludes halogenated alkanes) is 2. The molecule has 0 saturated heterocycles. The van der Waals surface area contributed by atoms with Gasteiger partial charge in [0, 0.05) is 0 Å². The third-order valence-corrected chi connectivity index (χ3v) is 10.4. The van der Waals surface area contributed by atoms with Gasteiger partial charge in [-0.3, -0.25) is 33.6 Å². The van der Waals surface area contributed by atoms with Crippen LogP contribution in [0.25, 0.3) is 0 Å². The van der Waals surface area contributed by atoms with Crippen LogP contribution < -0.4 is 54.4 Å². The Balaban J connectivity index is 6.15. The highest BCUT2D eigenvalue weighted by atomic mass is 16.4. The molecule has 352 valence electrons. The minimum Gasteiger partial charge on any atom is -0.480 e. The largest absolute Gasteiger partial charge is 0.480 e. The standard InChI is InChI=1S/C42H80N10O9/c1-21(2)29(47-36(54)28(18-14-16-20-44)46-35(53)27(45)17-13-15-19-43)37(55)48-30(22(3)4)38(56)49-31(23(5)6)39(57)50-32(24(7)8)40(58)51-33(25(9)10)41(59)52-34(26(11)12)42(60)61/h21-34H,13-20,43-45H2,1-12H3,(H,46,53)(H,47,54)(H,48,55)(H,49,56)(H,50,57)(H,51,58)(H,52,59)(H,60,61)/t27-,28-,29-,30-,31-,32-,33-,34-/m0/s1. The second kappa shape index (κ2) is 28.3. The first kappa shape index (κ1) is 56.6. The van der Waals surface area contributed by atoms with Gasteiger partial charge in [0.1, 0.15) is 42.3 Å². The molecule has 0 rings (SSSR count). The van der Waals surface area contributed by atoms with Crippen LogP contribution in [0.3, 0.4) is 0 Å². The number of nitrogens with one attached hydrogen (secondary N) is 7. The Kier molecular flexibility index (Phi) is 26.3. The number of carbonyl (C=O) groups is 8. The lowest BCUT2D eigenvalue weighted by molar-refractivity contribution is -0.144. The summed E-state index contributed by atoms with van der Waals surface area (Å²) in [4.78, 5) is 107. The molecule has 0 aromatic rings. The van der Waals surface area contributed by atoms with Crippen LogP contribution in [-0.4, -0.2) is 114 Å². The van der Waals surface area contributed by atoms with Gasteiger partial charge < -0.3 is 59.5 Å². The van der Waals surface area contributed by atoms with Gasteiger partial charge in [0.25, 0.3) is 0 Å². The fourth-order valence-electron chi connectivity index (χ4n) is 6.34. The summed E-state index contributed by atoms with van der Waals surface area (Å²) < 4.78 is 0. The maximum Gasteiger partial charge on any atom is 0.326 e. The van der Waals surface area contributed by atoms with Crippen LogP contribution in [0, 0.1) is 35.5 Å². The molecule has 0 radical (unpaired) electrons. The number of amides is 7. The van der Waals surface area contributed by atoms with E-state index in [1.807, 2.05) is 0 Å². The van der Waals surface area contributed by atoms with Crippen LogP contribution >= 0.6 is 0 Å². The lowest BCUT2D eigenvalue weighted by atomic mass is 9.96. The molecule has 0 aliphatic carbocycles. The number of carbonyl (C=O) groups excluding carboxylic acids is 7. The Hall–Kier alpha value is -4.36. The number of hydrogen-bond donors (Lipinski definition) is 11. The van der Waals surface area contributed by atoms with E-state index in [1.165, 1.54) is 0 Å². The van der Waals surface area contributed by atoms with Gasteiger partial charge in [-0.05, 0) is 80.7 Å². The van der Waals surface area contributed by atoms with Crippen molar-refractivity contribution in [1.29, 1.82) is 0 Å². The van der Waals surface area contributed by atoms with Crippen molar-refractivity contribution >= 4 is 47.3 Å². The number of carboxylic acid groups (broad SMARTS) is 1. The van der Waals surface area contributed by atoms with Gasteiger partial charge >= 0.3 is 5.97 Å². The predicted molar refractivity (Wildman–Crippen MR) is 234 cm³/mol. The summed E-state index contributed by atoms with van der Waals surface area (Å²) in [6.07, 6.45) is 3.12. The smallest absolute Gasteiger partial charge is 0.326 e.